The summed E-state index contributed by atoms with van der Waals surface area (Å²) in [5, 5.41) is 7.97. The lowest BCUT2D eigenvalue weighted by Gasteiger charge is -2.33. The molecule has 1 fully saturated rings. The summed E-state index contributed by atoms with van der Waals surface area (Å²) in [6.45, 7) is 6.33. The summed E-state index contributed by atoms with van der Waals surface area (Å²) in [6.07, 6.45) is 7.60. The predicted octanol–water partition coefficient (Wildman–Crippen LogP) is 5.27. The number of nitrogens with zero attached hydrogens (tertiary/aromatic N) is 4. The first-order valence-electron chi connectivity index (χ1n) is 12.1. The van der Waals surface area contributed by atoms with Gasteiger partial charge < -0.3 is 10.2 Å². The van der Waals surface area contributed by atoms with Gasteiger partial charge >= 0.3 is 0 Å². The number of hydrogen-bond donors (Lipinski definition) is 1. The number of aromatic nitrogens is 3. The minimum Gasteiger partial charge on any atom is -0.354 e. The van der Waals surface area contributed by atoms with Crippen LogP contribution in [0.1, 0.15) is 29.5 Å². The SMILES string of the molecule is CSc1ccc(CNC(=O)[C@@H]2CCCN(c3nccn4nc(-c5ccc(C)cc5C)cc34)C2)cc1. The van der Waals surface area contributed by atoms with Gasteiger partial charge in [-0.2, -0.15) is 5.10 Å². The Bertz CT molecular complexity index is 1350. The van der Waals surface area contributed by atoms with Crippen LogP contribution in [-0.4, -0.2) is 39.9 Å². The standard InChI is InChI=1S/C28H31N5OS/c1-19-6-11-24(20(2)15-19)25-16-26-27(29-12-14-33(26)31-25)32-13-4-5-22(18-32)28(34)30-17-21-7-9-23(35-3)10-8-21/h6-12,14-16,22H,4-5,13,17-18H2,1-3H3,(H,30,34)/t22-/m1/s1. The number of carbonyl (C=O) groups is 1. The largest absolute Gasteiger partial charge is 0.354 e. The van der Waals surface area contributed by atoms with Crippen LogP contribution in [0.2, 0.25) is 0 Å². The number of hydrogen-bond acceptors (Lipinski definition) is 5. The van der Waals surface area contributed by atoms with E-state index < -0.39 is 0 Å². The fraction of sp³-hybridized carbons (Fsp3) is 0.321. The van der Waals surface area contributed by atoms with Crippen molar-refractivity contribution in [3.63, 3.8) is 0 Å². The minimum absolute atomic E-state index is 0.0574. The summed E-state index contributed by atoms with van der Waals surface area (Å²) in [5.74, 6) is 0.944. The molecular formula is C28H31N5OS. The van der Waals surface area contributed by atoms with Crippen LogP contribution in [0.5, 0.6) is 0 Å². The molecule has 0 radical (unpaired) electrons. The van der Waals surface area contributed by atoms with Gasteiger partial charge in [-0.1, -0.05) is 35.9 Å². The third-order valence-corrected chi connectivity index (χ3v) is 7.49. The summed E-state index contributed by atoms with van der Waals surface area (Å²) < 4.78 is 1.90. The summed E-state index contributed by atoms with van der Waals surface area (Å²) in [4.78, 5) is 21.2. The Morgan fingerprint density at radius 2 is 1.97 bits per heavy atom. The van der Waals surface area contributed by atoms with E-state index in [-0.39, 0.29) is 11.8 Å². The quantitative estimate of drug-likeness (QED) is 0.377. The molecule has 180 valence electrons. The second-order valence-corrected chi connectivity index (χ2v) is 10.2. The normalized spacial score (nSPS) is 16.0. The molecule has 1 N–H and O–H groups in total. The molecule has 5 rings (SSSR count). The number of anilines is 1. The van der Waals surface area contributed by atoms with Crippen molar-refractivity contribution >= 4 is 29.0 Å². The van der Waals surface area contributed by atoms with E-state index in [0.717, 1.165) is 47.5 Å². The van der Waals surface area contributed by atoms with E-state index in [4.69, 9.17) is 10.1 Å². The summed E-state index contributed by atoms with van der Waals surface area (Å²) >= 11 is 1.72. The number of aryl methyl sites for hydroxylation is 2. The van der Waals surface area contributed by atoms with Crippen molar-refractivity contribution in [2.45, 2.75) is 38.1 Å². The van der Waals surface area contributed by atoms with Gasteiger partial charge in [-0.25, -0.2) is 9.50 Å². The number of nitrogens with one attached hydrogen (secondary N) is 1. The third-order valence-electron chi connectivity index (χ3n) is 6.74. The predicted molar refractivity (Wildman–Crippen MR) is 143 cm³/mol. The maximum Gasteiger partial charge on any atom is 0.225 e. The minimum atomic E-state index is -0.0574. The van der Waals surface area contributed by atoms with Gasteiger partial charge in [-0.3, -0.25) is 4.79 Å². The van der Waals surface area contributed by atoms with Gasteiger partial charge in [0.05, 0.1) is 11.6 Å². The number of fused-ring (bicyclic) bond motifs is 1. The van der Waals surface area contributed by atoms with Crippen LogP contribution in [0, 0.1) is 19.8 Å². The first kappa shape index (κ1) is 23.4. The molecule has 1 aliphatic rings. The maximum absolute atomic E-state index is 13.0. The Hall–Kier alpha value is -3.32. The molecule has 6 nitrogen and oxygen atoms in total. The number of carbonyl (C=O) groups excluding carboxylic acids is 1. The number of benzene rings is 2. The zero-order valence-electron chi connectivity index (χ0n) is 20.5. The van der Waals surface area contributed by atoms with Crippen molar-refractivity contribution in [2.24, 2.45) is 5.92 Å². The van der Waals surface area contributed by atoms with E-state index in [1.165, 1.54) is 16.0 Å². The number of amides is 1. The molecule has 0 bridgehead atoms. The van der Waals surface area contributed by atoms with Crippen molar-refractivity contribution in [2.75, 3.05) is 24.2 Å². The number of rotatable bonds is 6. The van der Waals surface area contributed by atoms with E-state index in [1.807, 2.05) is 10.7 Å². The molecule has 2 aromatic heterocycles. The van der Waals surface area contributed by atoms with Crippen molar-refractivity contribution in [1.82, 2.24) is 19.9 Å². The molecule has 4 aromatic rings. The monoisotopic (exact) mass is 485 g/mol. The second-order valence-electron chi connectivity index (χ2n) is 9.28. The molecular weight excluding hydrogens is 454 g/mol. The Morgan fingerprint density at radius 1 is 1.14 bits per heavy atom. The first-order chi connectivity index (χ1) is 17.0. The van der Waals surface area contributed by atoms with Gasteiger partial charge in [0, 0.05) is 42.5 Å². The molecule has 0 spiro atoms. The molecule has 3 heterocycles. The average Bonchev–Trinajstić information content (AvgIpc) is 3.31. The van der Waals surface area contributed by atoms with Crippen molar-refractivity contribution in [1.29, 1.82) is 0 Å². The molecule has 1 saturated heterocycles. The van der Waals surface area contributed by atoms with Crippen LogP contribution >= 0.6 is 11.8 Å². The van der Waals surface area contributed by atoms with Crippen LogP contribution in [0.15, 0.2) is 65.8 Å². The van der Waals surface area contributed by atoms with Gasteiger partial charge in [-0.15, -0.1) is 11.8 Å². The Kier molecular flexibility index (Phi) is 6.77. The topological polar surface area (TPSA) is 62.5 Å². The number of thioether (sulfide) groups is 1. The molecule has 2 aromatic carbocycles. The van der Waals surface area contributed by atoms with Gasteiger partial charge in [-0.05, 0) is 62.3 Å². The Labute approximate surface area is 210 Å². The average molecular weight is 486 g/mol. The number of piperidine rings is 1. The molecule has 0 saturated carbocycles. The van der Waals surface area contributed by atoms with Crippen LogP contribution in [0.25, 0.3) is 16.8 Å². The van der Waals surface area contributed by atoms with E-state index in [2.05, 4.69) is 78.9 Å². The lowest BCUT2D eigenvalue weighted by molar-refractivity contribution is -0.125. The van der Waals surface area contributed by atoms with Crippen molar-refractivity contribution in [3.8, 4) is 11.3 Å². The third kappa shape index (κ3) is 5.05. The van der Waals surface area contributed by atoms with Crippen LogP contribution in [0.4, 0.5) is 5.82 Å². The Balaban J connectivity index is 1.32. The molecule has 7 heteroatoms. The highest BCUT2D eigenvalue weighted by Crippen LogP contribution is 2.30. The molecule has 0 aliphatic carbocycles. The summed E-state index contributed by atoms with van der Waals surface area (Å²) in [5.41, 5.74) is 6.61. The zero-order chi connectivity index (χ0) is 24.4. The highest BCUT2D eigenvalue weighted by Gasteiger charge is 2.27. The fourth-order valence-electron chi connectivity index (χ4n) is 4.84. The van der Waals surface area contributed by atoms with Gasteiger partial charge in [0.1, 0.15) is 5.52 Å². The van der Waals surface area contributed by atoms with E-state index in [9.17, 15) is 4.79 Å². The lowest BCUT2D eigenvalue weighted by Crippen LogP contribution is -2.43. The highest BCUT2D eigenvalue weighted by atomic mass is 32.2. The van der Waals surface area contributed by atoms with Crippen molar-refractivity contribution < 1.29 is 4.79 Å². The van der Waals surface area contributed by atoms with E-state index in [0.29, 0.717) is 13.1 Å². The van der Waals surface area contributed by atoms with Gasteiger partial charge in [0.15, 0.2) is 5.82 Å². The highest BCUT2D eigenvalue weighted by molar-refractivity contribution is 7.98. The maximum atomic E-state index is 13.0. The first-order valence-corrected chi connectivity index (χ1v) is 13.3. The van der Waals surface area contributed by atoms with E-state index in [1.54, 1.807) is 18.0 Å². The zero-order valence-corrected chi connectivity index (χ0v) is 21.3. The summed E-state index contributed by atoms with van der Waals surface area (Å²) in [7, 11) is 0. The Morgan fingerprint density at radius 3 is 2.74 bits per heavy atom. The molecule has 1 aliphatic heterocycles. The molecule has 35 heavy (non-hydrogen) atoms. The second kappa shape index (κ2) is 10.1. The van der Waals surface area contributed by atoms with Gasteiger partial charge in [0.25, 0.3) is 0 Å². The van der Waals surface area contributed by atoms with Crippen molar-refractivity contribution in [3.05, 3.63) is 77.6 Å². The lowest BCUT2D eigenvalue weighted by atomic mass is 9.97. The smallest absolute Gasteiger partial charge is 0.225 e. The van der Waals surface area contributed by atoms with Crippen LogP contribution in [0.3, 0.4) is 0 Å². The van der Waals surface area contributed by atoms with Crippen LogP contribution in [-0.2, 0) is 11.3 Å². The fourth-order valence-corrected chi connectivity index (χ4v) is 5.25. The molecule has 0 unspecified atom stereocenters. The van der Waals surface area contributed by atoms with E-state index >= 15 is 0 Å². The molecule has 1 amide bonds. The van der Waals surface area contributed by atoms with Crippen LogP contribution < -0.4 is 10.2 Å². The van der Waals surface area contributed by atoms with Gasteiger partial charge in [0.2, 0.25) is 5.91 Å². The molecule has 1 atom stereocenters. The summed E-state index contributed by atoms with van der Waals surface area (Å²) in [6, 6.07) is 16.9.